The van der Waals surface area contributed by atoms with Crippen LogP contribution in [0.5, 0.6) is 5.75 Å². The summed E-state index contributed by atoms with van der Waals surface area (Å²) in [6.45, 7) is 6.73. The van der Waals surface area contributed by atoms with Gasteiger partial charge in [0.25, 0.3) is 0 Å². The van der Waals surface area contributed by atoms with Gasteiger partial charge in [0.05, 0.1) is 19.3 Å². The number of urea groups is 1. The molecule has 7 nitrogen and oxygen atoms in total. The number of aromatic amines is 1. The van der Waals surface area contributed by atoms with E-state index in [4.69, 9.17) is 4.74 Å². The molecule has 2 amide bonds. The molecular weight excluding hydrogens is 354 g/mol. The van der Waals surface area contributed by atoms with Crippen molar-refractivity contribution in [3.05, 3.63) is 47.8 Å². The minimum atomic E-state index is -0.0358. The minimum Gasteiger partial charge on any atom is -0.497 e. The van der Waals surface area contributed by atoms with Crippen molar-refractivity contribution in [2.45, 2.75) is 26.9 Å². The molecule has 1 aliphatic rings. The topological polar surface area (TPSA) is 73.5 Å². The Morgan fingerprint density at radius 2 is 2.14 bits per heavy atom. The number of methoxy groups -OCH3 is 1. The van der Waals surface area contributed by atoms with Gasteiger partial charge in [-0.25, -0.2) is 9.78 Å². The normalized spacial score (nSPS) is 13.9. The van der Waals surface area contributed by atoms with Crippen LogP contribution in [0.25, 0.3) is 11.0 Å². The number of nitrogens with zero attached hydrogens (tertiary/aromatic N) is 3. The number of ether oxygens (including phenoxy) is 1. The van der Waals surface area contributed by atoms with Gasteiger partial charge in [0.2, 0.25) is 0 Å². The number of hydrogen-bond donors (Lipinski definition) is 2. The van der Waals surface area contributed by atoms with Crippen LogP contribution in [0.2, 0.25) is 0 Å². The van der Waals surface area contributed by atoms with E-state index in [0.29, 0.717) is 13.1 Å². The standard InChI is InChI=1S/C21H25N5O2/c1-4-22-11-14-8-16(10-17(9-14)28-3)26-13-15-12-24-20-18(6-7-23-20)19(15)25(5-2)21(26)27/h6-10,12,22H,4-5,11,13H2,1-3H3,(H,23,24). The maximum atomic E-state index is 13.4. The van der Waals surface area contributed by atoms with Gasteiger partial charge in [-0.1, -0.05) is 6.92 Å². The number of aromatic nitrogens is 2. The van der Waals surface area contributed by atoms with Crippen molar-refractivity contribution in [3.63, 3.8) is 0 Å². The van der Waals surface area contributed by atoms with Gasteiger partial charge in [0.1, 0.15) is 11.4 Å². The molecule has 4 rings (SSSR count). The highest BCUT2D eigenvalue weighted by atomic mass is 16.5. The van der Waals surface area contributed by atoms with Crippen LogP contribution < -0.4 is 19.9 Å². The number of nitrogens with one attached hydrogen (secondary N) is 2. The van der Waals surface area contributed by atoms with Crippen molar-refractivity contribution in [1.29, 1.82) is 0 Å². The number of amides is 2. The highest BCUT2D eigenvalue weighted by molar-refractivity contribution is 6.11. The molecule has 146 valence electrons. The summed E-state index contributed by atoms with van der Waals surface area (Å²) in [5.41, 5.74) is 4.69. The van der Waals surface area contributed by atoms with Crippen molar-refractivity contribution in [1.82, 2.24) is 15.3 Å². The van der Waals surface area contributed by atoms with Crippen LogP contribution in [0.3, 0.4) is 0 Å². The van der Waals surface area contributed by atoms with Crippen molar-refractivity contribution in [3.8, 4) is 5.75 Å². The third-order valence-corrected chi connectivity index (χ3v) is 5.09. The van der Waals surface area contributed by atoms with Gasteiger partial charge in [0.15, 0.2) is 0 Å². The lowest BCUT2D eigenvalue weighted by molar-refractivity contribution is 0.250. The molecule has 0 unspecified atom stereocenters. The molecule has 2 N–H and O–H groups in total. The fraction of sp³-hybridized carbons (Fsp3) is 0.333. The lowest BCUT2D eigenvalue weighted by Crippen LogP contribution is -2.47. The van der Waals surface area contributed by atoms with Crippen LogP contribution in [-0.2, 0) is 13.1 Å². The number of benzene rings is 1. The maximum Gasteiger partial charge on any atom is 0.329 e. The predicted octanol–water partition coefficient (Wildman–Crippen LogP) is 3.65. The molecule has 0 saturated heterocycles. The number of carbonyl (C=O) groups is 1. The van der Waals surface area contributed by atoms with Gasteiger partial charge < -0.3 is 15.0 Å². The third-order valence-electron chi connectivity index (χ3n) is 5.09. The molecule has 3 aromatic rings. The van der Waals surface area contributed by atoms with E-state index in [2.05, 4.69) is 22.2 Å². The van der Waals surface area contributed by atoms with Crippen molar-refractivity contribution in [2.75, 3.05) is 30.0 Å². The van der Waals surface area contributed by atoms with Crippen LogP contribution in [0.15, 0.2) is 36.7 Å². The number of hydrogen-bond acceptors (Lipinski definition) is 4. The van der Waals surface area contributed by atoms with E-state index in [-0.39, 0.29) is 6.03 Å². The number of pyridine rings is 1. The maximum absolute atomic E-state index is 13.4. The number of H-pyrrole nitrogens is 1. The fourth-order valence-corrected chi connectivity index (χ4v) is 3.73. The first-order valence-corrected chi connectivity index (χ1v) is 9.59. The van der Waals surface area contributed by atoms with Crippen LogP contribution in [-0.4, -0.2) is 36.2 Å². The zero-order chi connectivity index (χ0) is 19.7. The average Bonchev–Trinajstić information content (AvgIpc) is 3.20. The zero-order valence-corrected chi connectivity index (χ0v) is 16.5. The molecule has 0 fully saturated rings. The van der Waals surface area contributed by atoms with Crippen molar-refractivity contribution < 1.29 is 9.53 Å². The molecule has 0 spiro atoms. The molecule has 0 saturated carbocycles. The van der Waals surface area contributed by atoms with Gasteiger partial charge in [-0.2, -0.15) is 0 Å². The first-order chi connectivity index (χ1) is 13.7. The predicted molar refractivity (Wildman–Crippen MR) is 111 cm³/mol. The smallest absolute Gasteiger partial charge is 0.329 e. The fourth-order valence-electron chi connectivity index (χ4n) is 3.73. The van der Waals surface area contributed by atoms with Crippen LogP contribution in [0.4, 0.5) is 16.2 Å². The lowest BCUT2D eigenvalue weighted by atomic mass is 10.1. The Labute approximate surface area is 164 Å². The summed E-state index contributed by atoms with van der Waals surface area (Å²) >= 11 is 0. The number of anilines is 2. The SMILES string of the molecule is CCNCc1cc(OC)cc(N2Cc3cnc4[nH]ccc4c3N(CC)C2=O)c1. The van der Waals surface area contributed by atoms with Crippen LogP contribution in [0, 0.1) is 0 Å². The van der Waals surface area contributed by atoms with E-state index < -0.39 is 0 Å². The molecule has 0 radical (unpaired) electrons. The summed E-state index contributed by atoms with van der Waals surface area (Å²) < 4.78 is 5.48. The van der Waals surface area contributed by atoms with Gasteiger partial charge in [-0.3, -0.25) is 9.80 Å². The molecule has 1 aliphatic heterocycles. The first-order valence-electron chi connectivity index (χ1n) is 9.59. The summed E-state index contributed by atoms with van der Waals surface area (Å²) in [5.74, 6) is 0.742. The molecule has 28 heavy (non-hydrogen) atoms. The summed E-state index contributed by atoms with van der Waals surface area (Å²) in [7, 11) is 1.65. The van der Waals surface area contributed by atoms with Crippen molar-refractivity contribution in [2.24, 2.45) is 0 Å². The Bertz CT molecular complexity index is 1010. The van der Waals surface area contributed by atoms with E-state index in [1.165, 1.54) is 0 Å². The number of fused-ring (bicyclic) bond motifs is 3. The molecular formula is C21H25N5O2. The van der Waals surface area contributed by atoms with E-state index in [1.54, 1.807) is 12.0 Å². The number of carbonyl (C=O) groups excluding carboxylic acids is 1. The van der Waals surface area contributed by atoms with Crippen LogP contribution in [0.1, 0.15) is 25.0 Å². The second-order valence-electron chi connectivity index (χ2n) is 6.80. The Hall–Kier alpha value is -3.06. The van der Waals surface area contributed by atoms with E-state index in [9.17, 15) is 4.79 Å². The van der Waals surface area contributed by atoms with E-state index >= 15 is 0 Å². The molecule has 2 aromatic heterocycles. The van der Waals surface area contributed by atoms with Gasteiger partial charge in [-0.15, -0.1) is 0 Å². The lowest BCUT2D eigenvalue weighted by Gasteiger charge is -2.37. The summed E-state index contributed by atoms with van der Waals surface area (Å²) in [5, 5.41) is 4.30. The van der Waals surface area contributed by atoms with Crippen LogP contribution >= 0.6 is 0 Å². The Morgan fingerprint density at radius 1 is 1.29 bits per heavy atom. The average molecular weight is 379 g/mol. The third kappa shape index (κ3) is 3.07. The van der Waals surface area contributed by atoms with Gasteiger partial charge in [0, 0.05) is 48.2 Å². The monoisotopic (exact) mass is 379 g/mol. The highest BCUT2D eigenvalue weighted by Gasteiger charge is 2.32. The second kappa shape index (κ2) is 7.52. The Balaban J connectivity index is 1.78. The molecule has 1 aromatic carbocycles. The van der Waals surface area contributed by atoms with E-state index in [1.807, 2.05) is 48.5 Å². The second-order valence-corrected chi connectivity index (χ2v) is 6.80. The largest absolute Gasteiger partial charge is 0.497 e. The van der Waals surface area contributed by atoms with Gasteiger partial charge in [-0.05, 0) is 37.2 Å². The first kappa shape index (κ1) is 18.3. The Morgan fingerprint density at radius 3 is 2.89 bits per heavy atom. The summed E-state index contributed by atoms with van der Waals surface area (Å²) in [4.78, 5) is 24.6. The summed E-state index contributed by atoms with van der Waals surface area (Å²) in [6, 6.07) is 7.90. The molecule has 3 heterocycles. The molecule has 0 bridgehead atoms. The van der Waals surface area contributed by atoms with Gasteiger partial charge >= 0.3 is 6.03 Å². The molecule has 7 heteroatoms. The number of rotatable bonds is 6. The molecule has 0 atom stereocenters. The Kier molecular flexibility index (Phi) is 4.92. The quantitative estimate of drug-likeness (QED) is 0.686. The zero-order valence-electron chi connectivity index (χ0n) is 16.5. The minimum absolute atomic E-state index is 0.0358. The van der Waals surface area contributed by atoms with Crippen molar-refractivity contribution >= 4 is 28.4 Å². The summed E-state index contributed by atoms with van der Waals surface area (Å²) in [6.07, 6.45) is 3.72. The molecule has 0 aliphatic carbocycles. The highest BCUT2D eigenvalue weighted by Crippen LogP contribution is 2.37. The van der Waals surface area contributed by atoms with E-state index in [0.717, 1.165) is 52.4 Å².